The molecule has 0 radical (unpaired) electrons. The molecule has 0 aliphatic carbocycles. The topological polar surface area (TPSA) is 78.7 Å². The molecule has 2 amide bonds. The molecule has 2 heterocycles. The van der Waals surface area contributed by atoms with Crippen LogP contribution in [-0.4, -0.2) is 48.0 Å². The zero-order valence-electron chi connectivity index (χ0n) is 17.5. The zero-order valence-corrected chi connectivity index (χ0v) is 17.5. The maximum atomic E-state index is 12.5. The molecule has 1 aromatic heterocycles. The Kier molecular flexibility index (Phi) is 6.56. The van der Waals surface area contributed by atoms with E-state index in [1.807, 2.05) is 23.1 Å². The van der Waals surface area contributed by atoms with Gasteiger partial charge in [-0.1, -0.05) is 44.1 Å². The molecule has 7 nitrogen and oxygen atoms in total. The Morgan fingerprint density at radius 1 is 1.07 bits per heavy atom. The van der Waals surface area contributed by atoms with Crippen molar-refractivity contribution >= 4 is 17.5 Å². The Bertz CT molecular complexity index is 818. The van der Waals surface area contributed by atoms with Gasteiger partial charge in [-0.25, -0.2) is 0 Å². The first-order valence-electron chi connectivity index (χ1n) is 10.1. The first-order chi connectivity index (χ1) is 13.8. The van der Waals surface area contributed by atoms with E-state index in [1.165, 1.54) is 5.69 Å². The number of rotatable bonds is 6. The predicted molar refractivity (Wildman–Crippen MR) is 112 cm³/mol. The summed E-state index contributed by atoms with van der Waals surface area (Å²) in [4.78, 5) is 28.8. The minimum absolute atomic E-state index is 0.0321. The summed E-state index contributed by atoms with van der Waals surface area (Å²) in [5, 5.41) is 6.83. The fourth-order valence-electron chi connectivity index (χ4n) is 3.50. The van der Waals surface area contributed by atoms with E-state index in [9.17, 15) is 9.59 Å². The Labute approximate surface area is 172 Å². The molecule has 156 valence electrons. The molecule has 0 unspecified atom stereocenters. The first kappa shape index (κ1) is 20.9. The van der Waals surface area contributed by atoms with Crippen LogP contribution in [0.5, 0.6) is 0 Å². The highest BCUT2D eigenvalue weighted by atomic mass is 16.5. The Morgan fingerprint density at radius 2 is 1.76 bits per heavy atom. The summed E-state index contributed by atoms with van der Waals surface area (Å²) in [6.07, 6.45) is 2.03. The summed E-state index contributed by atoms with van der Waals surface area (Å²) in [5.74, 6) is -0.117. The Hall–Kier alpha value is -2.83. The lowest BCUT2D eigenvalue weighted by atomic mass is 9.87. The molecule has 7 heteroatoms. The number of nitrogens with one attached hydrogen (secondary N) is 1. The Morgan fingerprint density at radius 3 is 2.41 bits per heavy atom. The predicted octanol–water partition coefficient (Wildman–Crippen LogP) is 2.72. The highest BCUT2D eigenvalue weighted by molar-refractivity contribution is 5.83. The minimum atomic E-state index is -0.149. The summed E-state index contributed by atoms with van der Waals surface area (Å²) < 4.78 is 5.06. The molecule has 1 N–H and O–H groups in total. The molecule has 1 aliphatic heterocycles. The van der Waals surface area contributed by atoms with Crippen LogP contribution < -0.4 is 10.2 Å². The molecular formula is C22H30N4O3. The molecule has 1 aliphatic rings. The monoisotopic (exact) mass is 398 g/mol. The second kappa shape index (κ2) is 9.11. The molecule has 0 atom stereocenters. The lowest BCUT2D eigenvalue weighted by Crippen LogP contribution is -2.48. The van der Waals surface area contributed by atoms with Gasteiger partial charge in [-0.15, -0.1) is 0 Å². The summed E-state index contributed by atoms with van der Waals surface area (Å²) >= 11 is 0. The minimum Gasteiger partial charge on any atom is -0.368 e. The van der Waals surface area contributed by atoms with Gasteiger partial charge in [0, 0.05) is 50.3 Å². The van der Waals surface area contributed by atoms with Gasteiger partial charge in [-0.3, -0.25) is 9.59 Å². The van der Waals surface area contributed by atoms with E-state index in [-0.39, 0.29) is 30.1 Å². The van der Waals surface area contributed by atoms with E-state index < -0.39 is 0 Å². The highest BCUT2D eigenvalue weighted by Gasteiger charge is 2.23. The van der Waals surface area contributed by atoms with E-state index in [2.05, 4.69) is 48.3 Å². The first-order valence-corrected chi connectivity index (χ1v) is 10.1. The quantitative estimate of drug-likeness (QED) is 0.809. The fourth-order valence-corrected chi connectivity index (χ4v) is 3.50. The van der Waals surface area contributed by atoms with Crippen molar-refractivity contribution in [1.82, 2.24) is 15.4 Å². The smallest absolute Gasteiger partial charge is 0.223 e. The third-order valence-electron chi connectivity index (χ3n) is 5.23. The summed E-state index contributed by atoms with van der Waals surface area (Å²) in [5.41, 5.74) is 2.79. The van der Waals surface area contributed by atoms with E-state index >= 15 is 0 Å². The molecule has 0 saturated carbocycles. The van der Waals surface area contributed by atoms with Crippen LogP contribution in [0.25, 0.3) is 0 Å². The van der Waals surface area contributed by atoms with Crippen LogP contribution in [0.3, 0.4) is 0 Å². The number of amides is 2. The number of benzene rings is 1. The van der Waals surface area contributed by atoms with Crippen LogP contribution in [0.2, 0.25) is 0 Å². The second-order valence-corrected chi connectivity index (χ2v) is 8.41. The van der Waals surface area contributed by atoms with E-state index in [1.54, 1.807) is 6.26 Å². The summed E-state index contributed by atoms with van der Waals surface area (Å²) in [6, 6.07) is 10.2. The fraction of sp³-hybridized carbons (Fsp3) is 0.500. The molecule has 3 rings (SSSR count). The number of carbonyl (C=O) groups is 2. The van der Waals surface area contributed by atoms with Gasteiger partial charge in [0.25, 0.3) is 0 Å². The third-order valence-corrected chi connectivity index (χ3v) is 5.23. The van der Waals surface area contributed by atoms with Crippen molar-refractivity contribution in [1.29, 1.82) is 0 Å². The van der Waals surface area contributed by atoms with Gasteiger partial charge in [0.2, 0.25) is 11.8 Å². The number of anilines is 1. The standard InChI is InChI=1S/C22H30N4O3/c1-22(2,3)18-16-29-24-19(18)15-23-20(27)9-10-21(28)26-13-11-25(12-14-26)17-7-5-4-6-8-17/h4-8,16H,9-15H2,1-3H3,(H,23,27). The number of piperazine rings is 1. The maximum absolute atomic E-state index is 12.5. The van der Waals surface area contributed by atoms with Crippen LogP contribution in [0.15, 0.2) is 41.1 Å². The van der Waals surface area contributed by atoms with Gasteiger partial charge in [-0.05, 0) is 17.5 Å². The van der Waals surface area contributed by atoms with Crippen LogP contribution in [0.1, 0.15) is 44.9 Å². The number of hydrogen-bond acceptors (Lipinski definition) is 5. The van der Waals surface area contributed by atoms with Crippen LogP contribution in [0, 0.1) is 0 Å². The molecule has 1 aromatic carbocycles. The van der Waals surface area contributed by atoms with Crippen LogP contribution in [-0.2, 0) is 21.5 Å². The van der Waals surface area contributed by atoms with Crippen molar-refractivity contribution in [3.05, 3.63) is 47.9 Å². The molecular weight excluding hydrogens is 368 g/mol. The average Bonchev–Trinajstić information content (AvgIpc) is 3.20. The molecule has 29 heavy (non-hydrogen) atoms. The van der Waals surface area contributed by atoms with Crippen molar-refractivity contribution in [3.8, 4) is 0 Å². The lowest BCUT2D eigenvalue weighted by Gasteiger charge is -2.36. The molecule has 0 bridgehead atoms. The number of aromatic nitrogens is 1. The number of nitrogens with zero attached hydrogens (tertiary/aromatic N) is 3. The van der Waals surface area contributed by atoms with Gasteiger partial charge in [-0.2, -0.15) is 0 Å². The average molecular weight is 399 g/mol. The highest BCUT2D eigenvalue weighted by Crippen LogP contribution is 2.25. The molecule has 1 fully saturated rings. The molecule has 2 aromatic rings. The van der Waals surface area contributed by atoms with Crippen molar-refractivity contribution < 1.29 is 14.1 Å². The SMILES string of the molecule is CC(C)(C)c1conc1CNC(=O)CCC(=O)N1CCN(c2ccccc2)CC1. The van der Waals surface area contributed by atoms with Crippen molar-refractivity contribution in [3.63, 3.8) is 0 Å². The number of carbonyl (C=O) groups excluding carboxylic acids is 2. The van der Waals surface area contributed by atoms with E-state index in [4.69, 9.17) is 4.52 Å². The van der Waals surface area contributed by atoms with E-state index in [0.717, 1.165) is 24.3 Å². The van der Waals surface area contributed by atoms with Gasteiger partial charge in [0.1, 0.15) is 12.0 Å². The maximum Gasteiger partial charge on any atom is 0.223 e. The van der Waals surface area contributed by atoms with Crippen molar-refractivity contribution in [2.45, 2.75) is 45.6 Å². The van der Waals surface area contributed by atoms with Gasteiger partial charge in [0.15, 0.2) is 0 Å². The number of hydrogen-bond donors (Lipinski definition) is 1. The Balaban J connectivity index is 1.40. The third kappa shape index (κ3) is 5.59. The largest absolute Gasteiger partial charge is 0.368 e. The van der Waals surface area contributed by atoms with Gasteiger partial charge >= 0.3 is 0 Å². The van der Waals surface area contributed by atoms with Crippen molar-refractivity contribution in [2.75, 3.05) is 31.1 Å². The summed E-state index contributed by atoms with van der Waals surface area (Å²) in [7, 11) is 0. The zero-order chi connectivity index (χ0) is 20.9. The lowest BCUT2D eigenvalue weighted by molar-refractivity contribution is -0.133. The van der Waals surface area contributed by atoms with Crippen LogP contribution >= 0.6 is 0 Å². The van der Waals surface area contributed by atoms with Crippen molar-refractivity contribution in [2.24, 2.45) is 0 Å². The van der Waals surface area contributed by atoms with Gasteiger partial charge < -0.3 is 19.6 Å². The summed E-state index contributed by atoms with van der Waals surface area (Å²) in [6.45, 7) is 9.51. The van der Waals surface area contributed by atoms with Gasteiger partial charge in [0.05, 0.1) is 6.54 Å². The molecule has 1 saturated heterocycles. The van der Waals surface area contributed by atoms with E-state index in [0.29, 0.717) is 19.6 Å². The van der Waals surface area contributed by atoms with Crippen LogP contribution in [0.4, 0.5) is 5.69 Å². The normalized spacial score (nSPS) is 14.7. The molecule has 0 spiro atoms. The number of para-hydroxylation sites is 1. The second-order valence-electron chi connectivity index (χ2n) is 8.41.